The van der Waals surface area contributed by atoms with E-state index >= 15 is 0 Å². The zero-order valence-corrected chi connectivity index (χ0v) is 15.9. The van der Waals surface area contributed by atoms with E-state index in [1.807, 2.05) is 24.3 Å². The molecule has 7 heteroatoms. The van der Waals surface area contributed by atoms with Crippen molar-refractivity contribution in [1.29, 1.82) is 0 Å². The summed E-state index contributed by atoms with van der Waals surface area (Å²) in [5.41, 5.74) is 2.65. The molecule has 1 saturated heterocycles. The topological polar surface area (TPSA) is 70.2 Å². The zero-order chi connectivity index (χ0) is 20.1. The molecule has 0 aliphatic carbocycles. The van der Waals surface area contributed by atoms with E-state index in [1.165, 1.54) is 37.1 Å². The predicted octanol–water partition coefficient (Wildman–Crippen LogP) is 4.60. The van der Waals surface area contributed by atoms with E-state index in [-0.39, 0.29) is 17.4 Å². The molecule has 3 aromatic rings. The number of nitrogens with zero attached hydrogens (tertiary/aromatic N) is 3. The molecular weight excluding hydrogens is 369 g/mol. The minimum atomic E-state index is -0.342. The molecule has 1 aliphatic heterocycles. The summed E-state index contributed by atoms with van der Waals surface area (Å²) < 4.78 is 13.2. The molecule has 0 spiro atoms. The van der Waals surface area contributed by atoms with Gasteiger partial charge in [0.2, 0.25) is 0 Å². The maximum Gasteiger partial charge on any atom is 0.276 e. The third-order valence-corrected chi connectivity index (χ3v) is 4.84. The van der Waals surface area contributed by atoms with Crippen molar-refractivity contribution in [2.24, 2.45) is 0 Å². The van der Waals surface area contributed by atoms with E-state index < -0.39 is 0 Å². The van der Waals surface area contributed by atoms with E-state index in [4.69, 9.17) is 0 Å². The Hall–Kier alpha value is -3.48. The fourth-order valence-corrected chi connectivity index (χ4v) is 3.34. The summed E-state index contributed by atoms with van der Waals surface area (Å²) in [6.07, 6.45) is 3.74. The highest BCUT2D eigenvalue weighted by Gasteiger charge is 2.12. The molecule has 0 radical (unpaired) electrons. The lowest BCUT2D eigenvalue weighted by Crippen LogP contribution is -2.29. The van der Waals surface area contributed by atoms with Crippen LogP contribution in [0.15, 0.2) is 60.7 Å². The van der Waals surface area contributed by atoms with Crippen LogP contribution in [0.4, 0.5) is 27.3 Å². The Bertz CT molecular complexity index is 969. The van der Waals surface area contributed by atoms with E-state index in [2.05, 4.69) is 25.7 Å². The number of piperidine rings is 1. The number of aromatic nitrogens is 2. The van der Waals surface area contributed by atoms with E-state index in [9.17, 15) is 9.18 Å². The lowest BCUT2D eigenvalue weighted by Gasteiger charge is -2.28. The molecule has 29 heavy (non-hydrogen) atoms. The Labute approximate surface area is 168 Å². The van der Waals surface area contributed by atoms with Gasteiger partial charge in [-0.2, -0.15) is 0 Å². The van der Waals surface area contributed by atoms with Crippen molar-refractivity contribution in [3.8, 4) is 0 Å². The van der Waals surface area contributed by atoms with Gasteiger partial charge in [-0.15, -0.1) is 10.2 Å². The van der Waals surface area contributed by atoms with Crippen LogP contribution in [0.3, 0.4) is 0 Å². The molecule has 0 bridgehead atoms. The zero-order valence-electron chi connectivity index (χ0n) is 15.9. The number of amides is 1. The molecular formula is C22H22FN5O. The van der Waals surface area contributed by atoms with Gasteiger partial charge in [0.1, 0.15) is 5.82 Å². The van der Waals surface area contributed by atoms with E-state index in [0.717, 1.165) is 13.1 Å². The van der Waals surface area contributed by atoms with Gasteiger partial charge < -0.3 is 15.5 Å². The first kappa shape index (κ1) is 18.9. The third-order valence-electron chi connectivity index (χ3n) is 4.84. The second kappa shape index (κ2) is 8.68. The SMILES string of the molecule is O=C(Nc1ccc(N2CCCCC2)cc1)c1ccc(Nc2cccc(F)c2)nn1. The van der Waals surface area contributed by atoms with Gasteiger partial charge in [-0.05, 0) is 73.9 Å². The number of nitrogens with one attached hydrogen (secondary N) is 2. The van der Waals surface area contributed by atoms with Crippen molar-refractivity contribution < 1.29 is 9.18 Å². The summed E-state index contributed by atoms with van der Waals surface area (Å²) in [5.74, 6) is -0.246. The average Bonchev–Trinajstić information content (AvgIpc) is 2.75. The van der Waals surface area contributed by atoms with E-state index in [0.29, 0.717) is 17.2 Å². The Morgan fingerprint density at radius 3 is 2.38 bits per heavy atom. The molecule has 1 aromatic heterocycles. The highest BCUT2D eigenvalue weighted by atomic mass is 19.1. The van der Waals surface area contributed by atoms with Crippen LogP contribution < -0.4 is 15.5 Å². The Kier molecular flexibility index (Phi) is 5.65. The maximum atomic E-state index is 13.2. The molecule has 4 rings (SSSR count). The van der Waals surface area contributed by atoms with Gasteiger partial charge in [-0.25, -0.2) is 4.39 Å². The molecule has 2 N–H and O–H groups in total. The Balaban J connectivity index is 1.36. The van der Waals surface area contributed by atoms with Gasteiger partial charge in [0.15, 0.2) is 11.5 Å². The summed E-state index contributed by atoms with van der Waals surface area (Å²) in [6, 6.07) is 17.1. The van der Waals surface area contributed by atoms with Crippen molar-refractivity contribution in [3.63, 3.8) is 0 Å². The van der Waals surface area contributed by atoms with Crippen molar-refractivity contribution in [2.45, 2.75) is 19.3 Å². The lowest BCUT2D eigenvalue weighted by molar-refractivity contribution is 0.102. The van der Waals surface area contributed by atoms with Crippen LogP contribution in [-0.4, -0.2) is 29.2 Å². The van der Waals surface area contributed by atoms with Gasteiger partial charge in [-0.1, -0.05) is 6.07 Å². The van der Waals surface area contributed by atoms with Crippen LogP contribution in [0.1, 0.15) is 29.8 Å². The number of rotatable bonds is 5. The van der Waals surface area contributed by atoms with Crippen LogP contribution in [0.5, 0.6) is 0 Å². The fourth-order valence-electron chi connectivity index (χ4n) is 3.34. The quantitative estimate of drug-likeness (QED) is 0.665. The molecule has 1 amide bonds. The van der Waals surface area contributed by atoms with Crippen molar-refractivity contribution >= 4 is 28.8 Å². The molecule has 0 saturated carbocycles. The monoisotopic (exact) mass is 391 g/mol. The van der Waals surface area contributed by atoms with Gasteiger partial charge >= 0.3 is 0 Å². The first-order valence-corrected chi connectivity index (χ1v) is 9.70. The maximum absolute atomic E-state index is 13.2. The Morgan fingerprint density at radius 2 is 1.69 bits per heavy atom. The standard InChI is InChI=1S/C22H22FN5O/c23-16-5-4-6-18(15-16)24-21-12-11-20(26-27-21)22(29)25-17-7-9-19(10-8-17)28-13-2-1-3-14-28/h4-12,15H,1-3,13-14H2,(H,24,27)(H,25,29). The van der Waals surface area contributed by atoms with E-state index in [1.54, 1.807) is 24.3 Å². The largest absolute Gasteiger partial charge is 0.372 e. The first-order valence-electron chi connectivity index (χ1n) is 9.70. The first-order chi connectivity index (χ1) is 14.2. The number of carbonyl (C=O) groups excluding carboxylic acids is 1. The molecule has 0 unspecified atom stereocenters. The summed E-state index contributed by atoms with van der Waals surface area (Å²) >= 11 is 0. The second-order valence-corrected chi connectivity index (χ2v) is 6.99. The molecule has 1 fully saturated rings. The van der Waals surface area contributed by atoms with Crippen LogP contribution in [0, 0.1) is 5.82 Å². The molecule has 1 aliphatic rings. The number of anilines is 4. The normalized spacial score (nSPS) is 13.8. The van der Waals surface area contributed by atoms with Crippen LogP contribution >= 0.6 is 0 Å². The minimum Gasteiger partial charge on any atom is -0.372 e. The van der Waals surface area contributed by atoms with Crippen molar-refractivity contribution in [1.82, 2.24) is 10.2 Å². The Morgan fingerprint density at radius 1 is 0.897 bits per heavy atom. The summed E-state index contributed by atoms with van der Waals surface area (Å²) in [5, 5.41) is 13.7. The summed E-state index contributed by atoms with van der Waals surface area (Å²) in [4.78, 5) is 14.8. The molecule has 148 valence electrons. The van der Waals surface area contributed by atoms with Gasteiger partial charge in [0.25, 0.3) is 5.91 Å². The highest BCUT2D eigenvalue weighted by Crippen LogP contribution is 2.22. The fraction of sp³-hybridized carbons (Fsp3) is 0.227. The van der Waals surface area contributed by atoms with Crippen molar-refractivity contribution in [3.05, 3.63) is 72.2 Å². The van der Waals surface area contributed by atoms with Crippen LogP contribution in [0.25, 0.3) is 0 Å². The van der Waals surface area contributed by atoms with Gasteiger partial charge in [0.05, 0.1) is 0 Å². The number of hydrogen-bond donors (Lipinski definition) is 2. The third kappa shape index (κ3) is 4.87. The molecule has 2 heterocycles. The summed E-state index contributed by atoms with van der Waals surface area (Å²) in [6.45, 7) is 2.16. The number of benzene rings is 2. The summed E-state index contributed by atoms with van der Waals surface area (Å²) in [7, 11) is 0. The number of carbonyl (C=O) groups is 1. The predicted molar refractivity (Wildman–Crippen MR) is 112 cm³/mol. The van der Waals surface area contributed by atoms with Crippen LogP contribution in [-0.2, 0) is 0 Å². The van der Waals surface area contributed by atoms with Gasteiger partial charge in [0, 0.05) is 30.2 Å². The number of halogens is 1. The second-order valence-electron chi connectivity index (χ2n) is 6.99. The highest BCUT2D eigenvalue weighted by molar-refractivity contribution is 6.02. The van der Waals surface area contributed by atoms with Crippen LogP contribution in [0.2, 0.25) is 0 Å². The lowest BCUT2D eigenvalue weighted by atomic mass is 10.1. The number of hydrogen-bond acceptors (Lipinski definition) is 5. The molecule has 2 aromatic carbocycles. The van der Waals surface area contributed by atoms with Gasteiger partial charge in [-0.3, -0.25) is 4.79 Å². The minimum absolute atomic E-state index is 0.204. The smallest absolute Gasteiger partial charge is 0.276 e. The molecule has 6 nitrogen and oxygen atoms in total. The molecule has 0 atom stereocenters. The van der Waals surface area contributed by atoms with Crippen molar-refractivity contribution in [2.75, 3.05) is 28.6 Å². The average molecular weight is 391 g/mol.